The van der Waals surface area contributed by atoms with Gasteiger partial charge in [0.2, 0.25) is 0 Å². The van der Waals surface area contributed by atoms with Gasteiger partial charge in [-0.3, -0.25) is 0 Å². The van der Waals surface area contributed by atoms with Crippen molar-refractivity contribution >= 4 is 11.8 Å². The lowest BCUT2D eigenvalue weighted by Crippen LogP contribution is -2.45. The van der Waals surface area contributed by atoms with Crippen molar-refractivity contribution in [1.82, 2.24) is 5.32 Å². The van der Waals surface area contributed by atoms with Crippen LogP contribution in [0.5, 0.6) is 0 Å². The molecule has 2 nitrogen and oxygen atoms in total. The Labute approximate surface area is 117 Å². The fourth-order valence-corrected chi connectivity index (χ4v) is 4.35. The molecule has 0 spiro atoms. The Balaban J connectivity index is 2.64. The molecule has 1 saturated carbocycles. The summed E-state index contributed by atoms with van der Waals surface area (Å²) in [6.45, 7) is 12.8. The van der Waals surface area contributed by atoms with Gasteiger partial charge in [0.05, 0.1) is 6.61 Å². The van der Waals surface area contributed by atoms with Crippen molar-refractivity contribution in [3.63, 3.8) is 0 Å². The molecule has 4 atom stereocenters. The first-order chi connectivity index (χ1) is 8.38. The third-order valence-corrected chi connectivity index (χ3v) is 5.63. The van der Waals surface area contributed by atoms with Crippen LogP contribution in [0.1, 0.15) is 53.9 Å². The van der Waals surface area contributed by atoms with E-state index in [1.807, 2.05) is 11.8 Å². The van der Waals surface area contributed by atoms with E-state index < -0.39 is 0 Å². The monoisotopic (exact) mass is 273 g/mol. The van der Waals surface area contributed by atoms with Crippen molar-refractivity contribution in [2.75, 3.05) is 13.2 Å². The summed E-state index contributed by atoms with van der Waals surface area (Å²) in [5.74, 6) is 0.816. The molecule has 4 unspecified atom stereocenters. The molecule has 0 amide bonds. The fraction of sp³-hybridized carbons (Fsp3) is 1.00. The molecule has 0 aromatic heterocycles. The molecular weight excluding hydrogens is 242 g/mol. The first-order valence-electron chi connectivity index (χ1n) is 7.38. The summed E-state index contributed by atoms with van der Waals surface area (Å²) in [5, 5.41) is 13.9. The van der Waals surface area contributed by atoms with Crippen molar-refractivity contribution < 1.29 is 5.11 Å². The second-order valence-corrected chi connectivity index (χ2v) is 8.39. The minimum atomic E-state index is 0.292. The molecule has 0 radical (unpaired) electrons. The van der Waals surface area contributed by atoms with Gasteiger partial charge in [-0.1, -0.05) is 34.6 Å². The smallest absolute Gasteiger partial charge is 0.0547 e. The molecular formula is C15H31NOS. The van der Waals surface area contributed by atoms with E-state index in [0.29, 0.717) is 28.6 Å². The number of thioether (sulfide) groups is 1. The molecule has 18 heavy (non-hydrogen) atoms. The molecule has 1 aliphatic rings. The van der Waals surface area contributed by atoms with E-state index in [4.69, 9.17) is 0 Å². The number of hydrogen-bond acceptors (Lipinski definition) is 3. The van der Waals surface area contributed by atoms with Crippen LogP contribution in [-0.4, -0.2) is 34.8 Å². The Hall–Kier alpha value is 0.270. The highest BCUT2D eigenvalue weighted by molar-refractivity contribution is 8.00. The van der Waals surface area contributed by atoms with Gasteiger partial charge in [0.25, 0.3) is 0 Å². The van der Waals surface area contributed by atoms with E-state index >= 15 is 0 Å². The van der Waals surface area contributed by atoms with Gasteiger partial charge in [0, 0.05) is 16.5 Å². The number of hydrogen-bond donors (Lipinski definition) is 2. The summed E-state index contributed by atoms with van der Waals surface area (Å²) in [6, 6.07) is 0.632. The van der Waals surface area contributed by atoms with E-state index in [1.165, 1.54) is 19.3 Å². The van der Waals surface area contributed by atoms with Crippen LogP contribution in [0.2, 0.25) is 0 Å². The van der Waals surface area contributed by atoms with E-state index in [0.717, 1.165) is 12.5 Å². The Morgan fingerprint density at radius 2 is 2.00 bits per heavy atom. The van der Waals surface area contributed by atoms with E-state index in [-0.39, 0.29) is 0 Å². The molecule has 0 aromatic rings. The third-order valence-electron chi connectivity index (χ3n) is 4.15. The molecule has 108 valence electrons. The van der Waals surface area contributed by atoms with Crippen LogP contribution in [0.25, 0.3) is 0 Å². The van der Waals surface area contributed by atoms with Crippen molar-refractivity contribution in [3.8, 4) is 0 Å². The van der Waals surface area contributed by atoms with Crippen molar-refractivity contribution in [2.45, 2.75) is 70.4 Å². The molecule has 0 heterocycles. The van der Waals surface area contributed by atoms with Crippen LogP contribution in [0, 0.1) is 11.3 Å². The summed E-state index contributed by atoms with van der Waals surface area (Å²) in [7, 11) is 0. The fourth-order valence-electron chi connectivity index (χ4n) is 2.90. The molecule has 0 saturated heterocycles. The van der Waals surface area contributed by atoms with E-state index in [1.54, 1.807) is 0 Å². The average Bonchev–Trinajstić information content (AvgIpc) is 2.30. The Bertz CT molecular complexity index is 239. The first kappa shape index (κ1) is 16.3. The maximum atomic E-state index is 9.27. The lowest BCUT2D eigenvalue weighted by Gasteiger charge is -2.42. The zero-order valence-electron chi connectivity index (χ0n) is 12.7. The van der Waals surface area contributed by atoms with E-state index in [2.05, 4.69) is 39.9 Å². The topological polar surface area (TPSA) is 32.3 Å². The standard InChI is InChI=1S/C15H31NOS/c1-6-16-13-8-7-12(15(3,4)5)9-14(13)18-11(2)10-17/h11-14,16-17H,6-10H2,1-5H3. The van der Waals surface area contributed by atoms with Gasteiger partial charge in [0.15, 0.2) is 0 Å². The number of aliphatic hydroxyl groups excluding tert-OH is 1. The highest BCUT2D eigenvalue weighted by atomic mass is 32.2. The molecule has 0 aromatic carbocycles. The average molecular weight is 273 g/mol. The largest absolute Gasteiger partial charge is 0.395 e. The van der Waals surface area contributed by atoms with Crippen LogP contribution in [0.3, 0.4) is 0 Å². The second-order valence-electron chi connectivity index (χ2n) is 6.71. The molecule has 1 rings (SSSR count). The predicted octanol–water partition coefficient (Wildman–Crippen LogP) is 3.29. The maximum Gasteiger partial charge on any atom is 0.0547 e. The molecule has 1 fully saturated rings. The highest BCUT2D eigenvalue weighted by Gasteiger charge is 2.36. The van der Waals surface area contributed by atoms with Gasteiger partial charge in [-0.05, 0) is 37.1 Å². The van der Waals surface area contributed by atoms with Crippen LogP contribution in [0.15, 0.2) is 0 Å². The van der Waals surface area contributed by atoms with Crippen molar-refractivity contribution in [3.05, 3.63) is 0 Å². The summed E-state index contributed by atoms with van der Waals surface area (Å²) in [4.78, 5) is 0. The Kier molecular flexibility index (Phi) is 6.49. The van der Waals surface area contributed by atoms with Crippen LogP contribution < -0.4 is 5.32 Å². The minimum Gasteiger partial charge on any atom is -0.395 e. The number of rotatable bonds is 5. The van der Waals surface area contributed by atoms with Gasteiger partial charge in [-0.2, -0.15) is 11.8 Å². The predicted molar refractivity (Wildman–Crippen MR) is 82.2 cm³/mol. The summed E-state index contributed by atoms with van der Waals surface area (Å²) >= 11 is 1.98. The Morgan fingerprint density at radius 3 is 2.50 bits per heavy atom. The highest BCUT2D eigenvalue weighted by Crippen LogP contribution is 2.42. The molecule has 2 N–H and O–H groups in total. The summed E-state index contributed by atoms with van der Waals surface area (Å²) < 4.78 is 0. The summed E-state index contributed by atoms with van der Waals surface area (Å²) in [5.41, 5.74) is 0.415. The van der Waals surface area contributed by atoms with Gasteiger partial charge in [-0.15, -0.1) is 0 Å². The zero-order valence-corrected chi connectivity index (χ0v) is 13.5. The normalized spacial score (nSPS) is 31.3. The summed E-state index contributed by atoms with van der Waals surface area (Å²) in [6.07, 6.45) is 3.91. The number of nitrogens with one attached hydrogen (secondary N) is 1. The van der Waals surface area contributed by atoms with Crippen LogP contribution >= 0.6 is 11.8 Å². The number of aliphatic hydroxyl groups is 1. The lowest BCUT2D eigenvalue weighted by molar-refractivity contribution is 0.165. The minimum absolute atomic E-state index is 0.292. The van der Waals surface area contributed by atoms with Crippen LogP contribution in [0.4, 0.5) is 0 Å². The first-order valence-corrected chi connectivity index (χ1v) is 8.32. The maximum absolute atomic E-state index is 9.27. The molecule has 0 aliphatic heterocycles. The Morgan fingerprint density at radius 1 is 1.33 bits per heavy atom. The third kappa shape index (κ3) is 4.75. The van der Waals surface area contributed by atoms with Crippen LogP contribution in [-0.2, 0) is 0 Å². The van der Waals surface area contributed by atoms with Crippen molar-refractivity contribution in [2.24, 2.45) is 11.3 Å². The molecule has 0 bridgehead atoms. The molecule has 1 aliphatic carbocycles. The van der Waals surface area contributed by atoms with Gasteiger partial charge >= 0.3 is 0 Å². The SMILES string of the molecule is CCNC1CCC(C(C)(C)C)CC1SC(C)CO. The lowest BCUT2D eigenvalue weighted by atomic mass is 9.71. The molecule has 3 heteroatoms. The quantitative estimate of drug-likeness (QED) is 0.806. The van der Waals surface area contributed by atoms with Gasteiger partial charge < -0.3 is 10.4 Å². The van der Waals surface area contributed by atoms with Gasteiger partial charge in [-0.25, -0.2) is 0 Å². The van der Waals surface area contributed by atoms with E-state index in [9.17, 15) is 5.11 Å². The zero-order chi connectivity index (χ0) is 13.8. The second kappa shape index (κ2) is 7.16. The van der Waals surface area contributed by atoms with Gasteiger partial charge in [0.1, 0.15) is 0 Å². The van der Waals surface area contributed by atoms with Crippen molar-refractivity contribution in [1.29, 1.82) is 0 Å².